The van der Waals surface area contributed by atoms with Crippen molar-refractivity contribution in [2.24, 2.45) is 5.92 Å². The summed E-state index contributed by atoms with van der Waals surface area (Å²) < 4.78 is 0. The molecule has 0 saturated heterocycles. The zero-order valence-electron chi connectivity index (χ0n) is 9.74. The molecule has 82 valence electrons. The first kappa shape index (κ1) is 10.7. The Labute approximate surface area is 92.9 Å². The smallest absolute Gasteiger partial charge is 0.00104 e. The van der Waals surface area contributed by atoms with Crippen LogP contribution in [-0.4, -0.2) is 12.6 Å². The van der Waals surface area contributed by atoms with Crippen molar-refractivity contribution in [3.8, 4) is 0 Å². The first-order valence-electron chi connectivity index (χ1n) is 6.05. The van der Waals surface area contributed by atoms with Gasteiger partial charge in [-0.05, 0) is 36.8 Å². The molecular formula is C14H21N. The maximum absolute atomic E-state index is 3.55. The van der Waals surface area contributed by atoms with Gasteiger partial charge in [-0.15, -0.1) is 0 Å². The maximum Gasteiger partial charge on any atom is 0.00104 e. The molecule has 0 amide bonds. The van der Waals surface area contributed by atoms with Gasteiger partial charge in [-0.3, -0.25) is 0 Å². The molecule has 1 saturated carbocycles. The standard InChI is InChI=1S/C14H21N/c1-11(2)15-10-13-8-9-14(13)12-6-4-3-5-7-12/h3-7,11,13-15H,8-10H2,1-2H3. The number of rotatable bonds is 4. The summed E-state index contributed by atoms with van der Waals surface area (Å²) in [6, 6.07) is 11.6. The Bertz CT molecular complexity index is 291. The molecule has 1 aromatic carbocycles. The van der Waals surface area contributed by atoms with E-state index in [4.69, 9.17) is 0 Å². The van der Waals surface area contributed by atoms with Gasteiger partial charge in [-0.2, -0.15) is 0 Å². The Morgan fingerprint density at radius 3 is 2.47 bits per heavy atom. The fraction of sp³-hybridized carbons (Fsp3) is 0.571. The van der Waals surface area contributed by atoms with E-state index in [-0.39, 0.29) is 0 Å². The van der Waals surface area contributed by atoms with E-state index >= 15 is 0 Å². The van der Waals surface area contributed by atoms with Crippen LogP contribution in [0.1, 0.15) is 38.2 Å². The lowest BCUT2D eigenvalue weighted by atomic mass is 9.70. The van der Waals surface area contributed by atoms with Gasteiger partial charge in [0.2, 0.25) is 0 Å². The highest BCUT2D eigenvalue weighted by atomic mass is 14.9. The molecule has 1 aliphatic rings. The second kappa shape index (κ2) is 4.80. The third-order valence-electron chi connectivity index (χ3n) is 3.43. The van der Waals surface area contributed by atoms with E-state index in [1.54, 1.807) is 0 Å². The molecule has 2 atom stereocenters. The van der Waals surface area contributed by atoms with Crippen LogP contribution in [0, 0.1) is 5.92 Å². The highest BCUT2D eigenvalue weighted by Gasteiger charge is 2.31. The van der Waals surface area contributed by atoms with Gasteiger partial charge in [-0.25, -0.2) is 0 Å². The molecule has 2 rings (SSSR count). The van der Waals surface area contributed by atoms with E-state index in [0.29, 0.717) is 6.04 Å². The zero-order valence-corrected chi connectivity index (χ0v) is 9.74. The molecule has 0 heterocycles. The van der Waals surface area contributed by atoms with Gasteiger partial charge in [0.1, 0.15) is 0 Å². The van der Waals surface area contributed by atoms with Gasteiger partial charge >= 0.3 is 0 Å². The molecule has 15 heavy (non-hydrogen) atoms. The summed E-state index contributed by atoms with van der Waals surface area (Å²) >= 11 is 0. The molecule has 0 radical (unpaired) electrons. The molecule has 1 N–H and O–H groups in total. The predicted octanol–water partition coefficient (Wildman–Crippen LogP) is 3.18. The number of nitrogens with one attached hydrogen (secondary N) is 1. The van der Waals surface area contributed by atoms with Crippen LogP contribution in [0.3, 0.4) is 0 Å². The van der Waals surface area contributed by atoms with E-state index in [1.807, 2.05) is 0 Å². The molecule has 1 fully saturated rings. The topological polar surface area (TPSA) is 12.0 Å². The minimum atomic E-state index is 0.613. The molecule has 1 nitrogen and oxygen atoms in total. The molecule has 0 bridgehead atoms. The Balaban J connectivity index is 1.89. The quantitative estimate of drug-likeness (QED) is 0.792. The van der Waals surface area contributed by atoms with E-state index in [0.717, 1.165) is 11.8 Å². The van der Waals surface area contributed by atoms with Crippen molar-refractivity contribution in [1.29, 1.82) is 0 Å². The molecular weight excluding hydrogens is 182 g/mol. The van der Waals surface area contributed by atoms with Crippen LogP contribution >= 0.6 is 0 Å². The van der Waals surface area contributed by atoms with Crippen LogP contribution in [0.25, 0.3) is 0 Å². The van der Waals surface area contributed by atoms with E-state index in [9.17, 15) is 0 Å². The lowest BCUT2D eigenvalue weighted by Gasteiger charge is -2.37. The average Bonchev–Trinajstić information content (AvgIpc) is 2.17. The second-order valence-electron chi connectivity index (χ2n) is 4.92. The van der Waals surface area contributed by atoms with Gasteiger partial charge in [0.05, 0.1) is 0 Å². The van der Waals surface area contributed by atoms with Crippen LogP contribution in [0.15, 0.2) is 30.3 Å². The van der Waals surface area contributed by atoms with Crippen molar-refractivity contribution in [3.63, 3.8) is 0 Å². The summed E-state index contributed by atoms with van der Waals surface area (Å²) in [5, 5.41) is 3.55. The van der Waals surface area contributed by atoms with Crippen molar-refractivity contribution < 1.29 is 0 Å². The number of benzene rings is 1. The minimum Gasteiger partial charge on any atom is -0.314 e. The largest absolute Gasteiger partial charge is 0.314 e. The summed E-state index contributed by atoms with van der Waals surface area (Å²) in [6.45, 7) is 5.61. The molecule has 1 aromatic rings. The Morgan fingerprint density at radius 2 is 1.93 bits per heavy atom. The Morgan fingerprint density at radius 1 is 1.20 bits per heavy atom. The molecule has 0 aliphatic heterocycles. The summed E-state index contributed by atoms with van der Waals surface area (Å²) in [7, 11) is 0. The summed E-state index contributed by atoms with van der Waals surface area (Å²) in [5.41, 5.74) is 1.53. The average molecular weight is 203 g/mol. The van der Waals surface area contributed by atoms with E-state index in [1.165, 1.54) is 24.9 Å². The zero-order chi connectivity index (χ0) is 10.7. The lowest BCUT2D eigenvalue weighted by molar-refractivity contribution is 0.241. The summed E-state index contributed by atoms with van der Waals surface area (Å²) in [5.74, 6) is 1.66. The molecule has 1 aliphatic carbocycles. The fourth-order valence-corrected chi connectivity index (χ4v) is 2.34. The summed E-state index contributed by atoms with van der Waals surface area (Å²) in [4.78, 5) is 0. The highest BCUT2D eigenvalue weighted by Crippen LogP contribution is 2.41. The van der Waals surface area contributed by atoms with Crippen molar-refractivity contribution in [3.05, 3.63) is 35.9 Å². The van der Waals surface area contributed by atoms with Gasteiger partial charge in [-0.1, -0.05) is 44.2 Å². The normalized spacial score (nSPS) is 25.3. The lowest BCUT2D eigenvalue weighted by Crippen LogP contribution is -2.36. The van der Waals surface area contributed by atoms with Gasteiger partial charge in [0, 0.05) is 6.04 Å². The number of hydrogen-bond acceptors (Lipinski definition) is 1. The highest BCUT2D eigenvalue weighted by molar-refractivity contribution is 5.22. The third-order valence-corrected chi connectivity index (χ3v) is 3.43. The first-order chi connectivity index (χ1) is 7.27. The monoisotopic (exact) mass is 203 g/mol. The van der Waals surface area contributed by atoms with Crippen LogP contribution in [0.5, 0.6) is 0 Å². The predicted molar refractivity (Wildman–Crippen MR) is 65.0 cm³/mol. The first-order valence-corrected chi connectivity index (χ1v) is 6.05. The van der Waals surface area contributed by atoms with Gasteiger partial charge in [0.25, 0.3) is 0 Å². The van der Waals surface area contributed by atoms with Crippen molar-refractivity contribution in [1.82, 2.24) is 5.32 Å². The van der Waals surface area contributed by atoms with Gasteiger partial charge < -0.3 is 5.32 Å². The molecule has 1 heteroatoms. The number of hydrogen-bond donors (Lipinski definition) is 1. The SMILES string of the molecule is CC(C)NCC1CCC1c1ccccc1. The maximum atomic E-state index is 3.55. The second-order valence-corrected chi connectivity index (χ2v) is 4.92. The van der Waals surface area contributed by atoms with Crippen LogP contribution in [0.2, 0.25) is 0 Å². The van der Waals surface area contributed by atoms with Crippen molar-refractivity contribution in [2.75, 3.05) is 6.54 Å². The third kappa shape index (κ3) is 2.60. The van der Waals surface area contributed by atoms with Crippen LogP contribution in [0.4, 0.5) is 0 Å². The van der Waals surface area contributed by atoms with Crippen LogP contribution in [-0.2, 0) is 0 Å². The van der Waals surface area contributed by atoms with Crippen molar-refractivity contribution >= 4 is 0 Å². The molecule has 0 spiro atoms. The minimum absolute atomic E-state index is 0.613. The van der Waals surface area contributed by atoms with Crippen LogP contribution < -0.4 is 5.32 Å². The van der Waals surface area contributed by atoms with E-state index < -0.39 is 0 Å². The van der Waals surface area contributed by atoms with E-state index in [2.05, 4.69) is 49.5 Å². The Hall–Kier alpha value is -0.820. The summed E-state index contributed by atoms with van der Waals surface area (Å²) in [6.07, 6.45) is 2.76. The molecule has 2 unspecified atom stereocenters. The van der Waals surface area contributed by atoms with Gasteiger partial charge in [0.15, 0.2) is 0 Å². The Kier molecular flexibility index (Phi) is 3.42. The molecule has 0 aromatic heterocycles. The fourth-order valence-electron chi connectivity index (χ4n) is 2.34. The van der Waals surface area contributed by atoms with Crippen molar-refractivity contribution in [2.45, 2.75) is 38.6 Å².